The van der Waals surface area contributed by atoms with Gasteiger partial charge in [0.2, 0.25) is 11.8 Å². The third-order valence-electron chi connectivity index (χ3n) is 3.08. The van der Waals surface area contributed by atoms with E-state index in [1.165, 1.54) is 6.08 Å². The van der Waals surface area contributed by atoms with Gasteiger partial charge in [-0.25, -0.2) is 0 Å². The number of hydrogen-bond donors (Lipinski definition) is 1. The summed E-state index contributed by atoms with van der Waals surface area (Å²) in [5, 5.41) is 0. The van der Waals surface area contributed by atoms with Crippen LogP contribution in [0.15, 0.2) is 36.4 Å². The van der Waals surface area contributed by atoms with Gasteiger partial charge in [-0.15, -0.1) is 0 Å². The Hall–Kier alpha value is -2.10. The standard InChI is InChI=1S/C14H16N2O2/c15-14(18)12-7-4-10-16(12)13(17)9-8-11-5-2-1-3-6-11/h1-3,5-6,8-9,12H,4,7,10H2,(H2,15,18)/b9-8-. The fourth-order valence-corrected chi connectivity index (χ4v) is 2.15. The number of carbonyl (C=O) groups excluding carboxylic acids is 2. The van der Waals surface area contributed by atoms with Crippen LogP contribution in [-0.4, -0.2) is 29.3 Å². The molecule has 0 radical (unpaired) electrons. The maximum absolute atomic E-state index is 12.0. The summed E-state index contributed by atoms with van der Waals surface area (Å²) in [5.74, 6) is -0.575. The van der Waals surface area contributed by atoms with Crippen LogP contribution in [0.3, 0.4) is 0 Å². The first kappa shape index (κ1) is 12.4. The predicted octanol–water partition coefficient (Wildman–Crippen LogP) is 1.18. The van der Waals surface area contributed by atoms with Gasteiger partial charge in [0.15, 0.2) is 0 Å². The highest BCUT2D eigenvalue weighted by Crippen LogP contribution is 2.17. The van der Waals surface area contributed by atoms with E-state index in [2.05, 4.69) is 0 Å². The van der Waals surface area contributed by atoms with E-state index in [9.17, 15) is 9.59 Å². The van der Waals surface area contributed by atoms with Crippen LogP contribution in [0.5, 0.6) is 0 Å². The smallest absolute Gasteiger partial charge is 0.247 e. The summed E-state index contributed by atoms with van der Waals surface area (Å²) in [4.78, 5) is 24.7. The van der Waals surface area contributed by atoms with Crippen molar-refractivity contribution >= 4 is 17.9 Å². The first-order chi connectivity index (χ1) is 8.68. The van der Waals surface area contributed by atoms with Crippen molar-refractivity contribution < 1.29 is 9.59 Å². The Kier molecular flexibility index (Phi) is 3.77. The number of rotatable bonds is 3. The molecule has 0 aliphatic carbocycles. The van der Waals surface area contributed by atoms with E-state index in [1.807, 2.05) is 30.3 Å². The molecule has 2 N–H and O–H groups in total. The molecule has 0 aromatic heterocycles. The number of nitrogens with two attached hydrogens (primary N) is 1. The van der Waals surface area contributed by atoms with Crippen LogP contribution in [0.4, 0.5) is 0 Å². The lowest BCUT2D eigenvalue weighted by molar-refractivity contribution is -0.133. The van der Waals surface area contributed by atoms with E-state index < -0.39 is 11.9 Å². The monoisotopic (exact) mass is 244 g/mol. The first-order valence-corrected chi connectivity index (χ1v) is 6.01. The van der Waals surface area contributed by atoms with Crippen LogP contribution in [0.2, 0.25) is 0 Å². The Morgan fingerprint density at radius 3 is 2.67 bits per heavy atom. The molecule has 1 unspecified atom stereocenters. The van der Waals surface area contributed by atoms with Crippen molar-refractivity contribution in [2.75, 3.05) is 6.54 Å². The molecule has 4 heteroatoms. The number of hydrogen-bond acceptors (Lipinski definition) is 2. The summed E-state index contributed by atoms with van der Waals surface area (Å²) in [7, 11) is 0. The summed E-state index contributed by atoms with van der Waals surface area (Å²) < 4.78 is 0. The van der Waals surface area contributed by atoms with Crippen molar-refractivity contribution in [1.82, 2.24) is 4.90 Å². The highest BCUT2D eigenvalue weighted by Gasteiger charge is 2.31. The lowest BCUT2D eigenvalue weighted by Crippen LogP contribution is -2.42. The Morgan fingerprint density at radius 1 is 1.28 bits per heavy atom. The van der Waals surface area contributed by atoms with Crippen molar-refractivity contribution in [2.45, 2.75) is 18.9 Å². The van der Waals surface area contributed by atoms with Gasteiger partial charge in [-0.05, 0) is 24.5 Å². The molecule has 4 nitrogen and oxygen atoms in total. The van der Waals surface area contributed by atoms with E-state index in [1.54, 1.807) is 11.0 Å². The van der Waals surface area contributed by atoms with Crippen LogP contribution in [0.25, 0.3) is 6.08 Å². The van der Waals surface area contributed by atoms with Crippen molar-refractivity contribution in [3.8, 4) is 0 Å². The lowest BCUT2D eigenvalue weighted by atomic mass is 10.2. The molecule has 2 rings (SSSR count). The SMILES string of the molecule is NC(=O)C1CCCN1C(=O)/C=C\c1ccccc1. The van der Waals surface area contributed by atoms with Crippen LogP contribution in [0.1, 0.15) is 18.4 Å². The van der Waals surface area contributed by atoms with Gasteiger partial charge >= 0.3 is 0 Å². The molecule has 0 bridgehead atoms. The molecule has 1 fully saturated rings. The highest BCUT2D eigenvalue weighted by atomic mass is 16.2. The molecule has 0 saturated carbocycles. The second-order valence-electron chi connectivity index (χ2n) is 4.34. The largest absolute Gasteiger partial charge is 0.368 e. The van der Waals surface area contributed by atoms with Gasteiger partial charge < -0.3 is 10.6 Å². The van der Waals surface area contributed by atoms with E-state index in [4.69, 9.17) is 5.73 Å². The van der Waals surface area contributed by atoms with Gasteiger partial charge in [0, 0.05) is 12.6 Å². The summed E-state index contributed by atoms with van der Waals surface area (Å²) in [6.07, 6.45) is 4.74. The molecule has 1 aliphatic heterocycles. The van der Waals surface area contributed by atoms with Crippen LogP contribution in [0, 0.1) is 0 Å². The number of amides is 2. The summed E-state index contributed by atoms with van der Waals surface area (Å²) in [6, 6.07) is 9.12. The molecule has 1 aromatic carbocycles. The van der Waals surface area contributed by atoms with Gasteiger partial charge in [-0.2, -0.15) is 0 Å². The molecule has 1 aliphatic rings. The van der Waals surface area contributed by atoms with Crippen LogP contribution in [-0.2, 0) is 9.59 Å². The van der Waals surface area contributed by atoms with E-state index in [0.717, 1.165) is 12.0 Å². The van der Waals surface area contributed by atoms with Gasteiger partial charge in [0.05, 0.1) is 0 Å². The average Bonchev–Trinajstić information content (AvgIpc) is 2.86. The maximum Gasteiger partial charge on any atom is 0.247 e. The molecular weight excluding hydrogens is 228 g/mol. The highest BCUT2D eigenvalue weighted by molar-refractivity contribution is 5.95. The number of benzene rings is 1. The summed E-state index contributed by atoms with van der Waals surface area (Å²) >= 11 is 0. The first-order valence-electron chi connectivity index (χ1n) is 6.01. The van der Waals surface area contributed by atoms with Gasteiger partial charge in [-0.1, -0.05) is 30.3 Å². The molecule has 1 atom stereocenters. The zero-order valence-electron chi connectivity index (χ0n) is 10.1. The summed E-state index contributed by atoms with van der Waals surface area (Å²) in [5.41, 5.74) is 6.24. The van der Waals surface area contributed by atoms with Crippen LogP contribution < -0.4 is 5.73 Å². The third kappa shape index (κ3) is 2.77. The number of nitrogens with zero attached hydrogens (tertiary/aromatic N) is 1. The Morgan fingerprint density at radius 2 is 2.00 bits per heavy atom. The van der Waals surface area contributed by atoms with Gasteiger partial charge in [-0.3, -0.25) is 9.59 Å². The lowest BCUT2D eigenvalue weighted by Gasteiger charge is -2.20. The molecule has 94 valence electrons. The molecule has 0 spiro atoms. The van der Waals surface area contributed by atoms with E-state index in [-0.39, 0.29) is 5.91 Å². The molecule has 1 aromatic rings. The number of primary amides is 1. The second-order valence-corrected chi connectivity index (χ2v) is 4.34. The van der Waals surface area contributed by atoms with Gasteiger partial charge in [0.25, 0.3) is 0 Å². The van der Waals surface area contributed by atoms with Crippen LogP contribution >= 0.6 is 0 Å². The van der Waals surface area contributed by atoms with Crippen molar-refractivity contribution in [3.63, 3.8) is 0 Å². The number of likely N-dealkylation sites (tertiary alicyclic amines) is 1. The van der Waals surface area contributed by atoms with Gasteiger partial charge in [0.1, 0.15) is 6.04 Å². The van der Waals surface area contributed by atoms with Crippen molar-refractivity contribution in [2.24, 2.45) is 5.73 Å². The molecule has 1 saturated heterocycles. The minimum Gasteiger partial charge on any atom is -0.368 e. The fourth-order valence-electron chi connectivity index (χ4n) is 2.15. The fraction of sp³-hybridized carbons (Fsp3) is 0.286. The minimum absolute atomic E-state index is 0.153. The maximum atomic E-state index is 12.0. The summed E-state index contributed by atoms with van der Waals surface area (Å²) in [6.45, 7) is 0.603. The Labute approximate surface area is 106 Å². The average molecular weight is 244 g/mol. The third-order valence-corrected chi connectivity index (χ3v) is 3.08. The van der Waals surface area contributed by atoms with Crippen molar-refractivity contribution in [1.29, 1.82) is 0 Å². The zero-order valence-corrected chi connectivity index (χ0v) is 10.1. The van der Waals surface area contributed by atoms with Crippen molar-refractivity contribution in [3.05, 3.63) is 42.0 Å². The minimum atomic E-state index is -0.446. The normalized spacial score (nSPS) is 19.3. The Bertz CT molecular complexity index is 468. The molecular formula is C14H16N2O2. The van der Waals surface area contributed by atoms with E-state index >= 15 is 0 Å². The Balaban J connectivity index is 2.04. The topological polar surface area (TPSA) is 63.4 Å². The molecule has 1 heterocycles. The quantitative estimate of drug-likeness (QED) is 0.811. The predicted molar refractivity (Wildman–Crippen MR) is 69.4 cm³/mol. The molecule has 2 amide bonds. The number of carbonyl (C=O) groups is 2. The van der Waals surface area contributed by atoms with E-state index in [0.29, 0.717) is 13.0 Å². The molecule has 18 heavy (non-hydrogen) atoms. The second kappa shape index (κ2) is 5.49. The zero-order chi connectivity index (χ0) is 13.0.